The minimum absolute atomic E-state index is 0.111. The number of aryl methyl sites for hydroxylation is 2. The first-order valence-corrected chi connectivity index (χ1v) is 10.2. The Morgan fingerprint density at radius 2 is 1.56 bits per heavy atom. The maximum atomic E-state index is 13.5. The number of hydrogen-bond acceptors (Lipinski definition) is 5. The van der Waals surface area contributed by atoms with Crippen molar-refractivity contribution in [3.8, 4) is 5.75 Å². The summed E-state index contributed by atoms with van der Waals surface area (Å²) in [4.78, 5) is 39.6. The fraction of sp³-hybridized carbons (Fsp3) is 0.115. The number of hydrogen-bond donors (Lipinski definition) is 1. The second-order valence-corrected chi connectivity index (χ2v) is 7.66. The molecule has 5 rings (SSSR count). The number of esters is 1. The van der Waals surface area contributed by atoms with E-state index < -0.39 is 5.97 Å². The van der Waals surface area contributed by atoms with E-state index in [2.05, 4.69) is 0 Å². The van der Waals surface area contributed by atoms with E-state index in [0.717, 1.165) is 5.56 Å². The van der Waals surface area contributed by atoms with Crippen LogP contribution in [0, 0.1) is 0 Å². The Labute approximate surface area is 183 Å². The Hall–Kier alpha value is -4.19. The molecule has 32 heavy (non-hydrogen) atoms. The zero-order chi connectivity index (χ0) is 22.4. The molecule has 1 aliphatic rings. The number of rotatable bonds is 4. The quantitative estimate of drug-likeness (QED) is 0.437. The molecule has 6 nitrogen and oxygen atoms in total. The zero-order valence-electron chi connectivity index (χ0n) is 17.3. The van der Waals surface area contributed by atoms with E-state index in [1.54, 1.807) is 34.9 Å². The normalized spacial score (nSPS) is 12.5. The van der Waals surface area contributed by atoms with Crippen LogP contribution in [0.3, 0.4) is 0 Å². The molecule has 158 valence electrons. The molecule has 0 atom stereocenters. The molecule has 3 aromatic carbocycles. The van der Waals surface area contributed by atoms with Gasteiger partial charge in [0, 0.05) is 23.1 Å². The number of phenolic OH excluding ortho intramolecular Hbond substituents is 1. The number of fused-ring (bicyclic) bond motifs is 4. The summed E-state index contributed by atoms with van der Waals surface area (Å²) in [5, 5.41) is 10.7. The molecule has 0 amide bonds. The molecule has 0 aliphatic heterocycles. The van der Waals surface area contributed by atoms with E-state index in [1.165, 1.54) is 13.2 Å². The summed E-state index contributed by atoms with van der Waals surface area (Å²) in [7, 11) is 1.21. The van der Waals surface area contributed by atoms with Gasteiger partial charge in [0.25, 0.3) is 0 Å². The van der Waals surface area contributed by atoms with Crippen molar-refractivity contribution in [3.05, 3.63) is 100 Å². The number of benzene rings is 3. The van der Waals surface area contributed by atoms with E-state index in [9.17, 15) is 19.5 Å². The second kappa shape index (κ2) is 7.50. The first-order chi connectivity index (χ1) is 15.5. The van der Waals surface area contributed by atoms with Crippen molar-refractivity contribution in [2.75, 3.05) is 7.11 Å². The van der Waals surface area contributed by atoms with Crippen LogP contribution in [0.1, 0.15) is 47.9 Å². The summed E-state index contributed by atoms with van der Waals surface area (Å²) in [5.74, 6) is -1.70. The number of nitrogens with zero attached hydrogens (tertiary/aromatic N) is 1. The van der Waals surface area contributed by atoms with Crippen LogP contribution >= 0.6 is 0 Å². The van der Waals surface area contributed by atoms with Crippen LogP contribution < -0.4 is 0 Å². The minimum atomic E-state index is -0.768. The molecule has 0 fully saturated rings. The molecule has 4 aromatic rings. The SMILES string of the molecule is COC(=O)c1c(O)ccc2c1c1c(n2CCc2ccccc2)C(=O)c2ccccc2C1=O. The smallest absolute Gasteiger partial charge is 0.342 e. The highest BCUT2D eigenvalue weighted by Gasteiger charge is 2.37. The number of carbonyl (C=O) groups excluding carboxylic acids is 3. The largest absolute Gasteiger partial charge is 0.507 e. The van der Waals surface area contributed by atoms with Crippen molar-refractivity contribution in [3.63, 3.8) is 0 Å². The fourth-order valence-electron chi connectivity index (χ4n) is 4.46. The van der Waals surface area contributed by atoms with Crippen molar-refractivity contribution in [1.82, 2.24) is 4.57 Å². The van der Waals surface area contributed by atoms with Gasteiger partial charge in [-0.15, -0.1) is 0 Å². The monoisotopic (exact) mass is 425 g/mol. The molecule has 0 radical (unpaired) electrons. The van der Waals surface area contributed by atoms with Crippen LogP contribution in [0.15, 0.2) is 66.7 Å². The summed E-state index contributed by atoms with van der Waals surface area (Å²) >= 11 is 0. The first-order valence-electron chi connectivity index (χ1n) is 10.2. The Balaban J connectivity index is 1.81. The van der Waals surface area contributed by atoms with Gasteiger partial charge in [0.1, 0.15) is 17.0 Å². The summed E-state index contributed by atoms with van der Waals surface area (Å²) < 4.78 is 6.66. The molecular formula is C26H19NO5. The molecule has 1 N–H and O–H groups in total. The van der Waals surface area contributed by atoms with Gasteiger partial charge < -0.3 is 14.4 Å². The Morgan fingerprint density at radius 1 is 0.906 bits per heavy atom. The molecular weight excluding hydrogens is 406 g/mol. The number of ether oxygens (including phenoxy) is 1. The number of ketones is 2. The van der Waals surface area contributed by atoms with E-state index in [4.69, 9.17) is 4.74 Å². The lowest BCUT2D eigenvalue weighted by Gasteiger charge is -2.17. The third kappa shape index (κ3) is 2.84. The molecule has 0 spiro atoms. The molecule has 0 saturated carbocycles. The number of aromatic hydroxyl groups is 1. The third-order valence-corrected chi connectivity index (χ3v) is 5.92. The minimum Gasteiger partial charge on any atom is -0.507 e. The predicted octanol–water partition coefficient (Wildman–Crippen LogP) is 4.15. The molecule has 0 unspecified atom stereocenters. The summed E-state index contributed by atoms with van der Waals surface area (Å²) in [6.07, 6.45) is 0.620. The lowest BCUT2D eigenvalue weighted by Crippen LogP contribution is -2.23. The van der Waals surface area contributed by atoms with Crippen LogP contribution in [0.5, 0.6) is 5.75 Å². The van der Waals surface area contributed by atoms with Crippen molar-refractivity contribution in [2.45, 2.75) is 13.0 Å². The number of phenols is 1. The van der Waals surface area contributed by atoms with Gasteiger partial charge in [0.05, 0.1) is 18.2 Å². The zero-order valence-corrected chi connectivity index (χ0v) is 17.3. The Morgan fingerprint density at radius 3 is 2.25 bits per heavy atom. The van der Waals surface area contributed by atoms with Crippen LogP contribution in [0.4, 0.5) is 0 Å². The standard InChI is InChI=1S/C26H19NO5/c1-32-26(31)21-19(28)12-11-18-20(21)22-23(27(18)14-13-15-7-3-2-4-8-15)25(30)17-10-6-5-9-16(17)24(22)29/h2-12,28H,13-14H2,1H3. The lowest BCUT2D eigenvalue weighted by atomic mass is 9.86. The van der Waals surface area contributed by atoms with E-state index in [1.807, 2.05) is 30.3 Å². The van der Waals surface area contributed by atoms with Gasteiger partial charge in [-0.25, -0.2) is 4.79 Å². The van der Waals surface area contributed by atoms with E-state index in [0.29, 0.717) is 24.0 Å². The molecule has 1 aromatic heterocycles. The van der Waals surface area contributed by atoms with Gasteiger partial charge in [0.15, 0.2) is 5.78 Å². The second-order valence-electron chi connectivity index (χ2n) is 7.66. The van der Waals surface area contributed by atoms with Gasteiger partial charge in [-0.05, 0) is 24.1 Å². The van der Waals surface area contributed by atoms with E-state index >= 15 is 0 Å². The van der Waals surface area contributed by atoms with Gasteiger partial charge in [-0.1, -0.05) is 54.6 Å². The maximum Gasteiger partial charge on any atom is 0.342 e. The highest BCUT2D eigenvalue weighted by Crippen LogP contribution is 2.39. The van der Waals surface area contributed by atoms with Gasteiger partial charge in [-0.3, -0.25) is 9.59 Å². The predicted molar refractivity (Wildman–Crippen MR) is 118 cm³/mol. The topological polar surface area (TPSA) is 85.6 Å². The maximum absolute atomic E-state index is 13.5. The van der Waals surface area contributed by atoms with Crippen LogP contribution in [-0.2, 0) is 17.7 Å². The molecule has 0 saturated heterocycles. The fourth-order valence-corrected chi connectivity index (χ4v) is 4.46. The Kier molecular flexibility index (Phi) is 4.63. The summed E-state index contributed by atoms with van der Waals surface area (Å²) in [5.41, 5.74) is 2.47. The lowest BCUT2D eigenvalue weighted by molar-refractivity contribution is 0.0599. The number of carbonyl (C=O) groups is 3. The van der Waals surface area contributed by atoms with E-state index in [-0.39, 0.29) is 45.1 Å². The first kappa shape index (κ1) is 19.8. The van der Waals surface area contributed by atoms with Crippen molar-refractivity contribution in [2.24, 2.45) is 0 Å². The third-order valence-electron chi connectivity index (χ3n) is 5.92. The van der Waals surface area contributed by atoms with Gasteiger partial charge in [0.2, 0.25) is 5.78 Å². The van der Waals surface area contributed by atoms with Crippen LogP contribution in [0.2, 0.25) is 0 Å². The van der Waals surface area contributed by atoms with Crippen LogP contribution in [0.25, 0.3) is 10.9 Å². The highest BCUT2D eigenvalue weighted by molar-refractivity contribution is 6.33. The molecule has 0 bridgehead atoms. The van der Waals surface area contributed by atoms with Crippen LogP contribution in [-0.4, -0.2) is 34.3 Å². The summed E-state index contributed by atoms with van der Waals surface area (Å²) in [6, 6.07) is 19.5. The average Bonchev–Trinajstić information content (AvgIpc) is 3.16. The van der Waals surface area contributed by atoms with Crippen molar-refractivity contribution < 1.29 is 24.2 Å². The summed E-state index contributed by atoms with van der Waals surface area (Å²) in [6.45, 7) is 0.419. The number of methoxy groups -OCH3 is 1. The average molecular weight is 425 g/mol. The van der Waals surface area contributed by atoms with Gasteiger partial charge >= 0.3 is 5.97 Å². The number of aromatic nitrogens is 1. The van der Waals surface area contributed by atoms with Gasteiger partial charge in [-0.2, -0.15) is 0 Å². The molecule has 6 heteroatoms. The van der Waals surface area contributed by atoms with Crippen molar-refractivity contribution >= 4 is 28.4 Å². The molecule has 1 aliphatic carbocycles. The van der Waals surface area contributed by atoms with Crippen molar-refractivity contribution in [1.29, 1.82) is 0 Å². The molecule has 1 heterocycles. The Bertz CT molecular complexity index is 1420. The highest BCUT2D eigenvalue weighted by atomic mass is 16.5.